The van der Waals surface area contributed by atoms with Crippen molar-refractivity contribution < 1.29 is 9.36 Å². The number of hydrogen-bond acceptors (Lipinski definition) is 3. The van der Waals surface area contributed by atoms with Gasteiger partial charge in [-0.3, -0.25) is 9.79 Å². The molecule has 0 unspecified atom stereocenters. The second kappa shape index (κ2) is 6.71. The second-order valence-electron chi connectivity index (χ2n) is 5.27. The molecule has 0 fully saturated rings. The van der Waals surface area contributed by atoms with E-state index >= 15 is 0 Å². The first kappa shape index (κ1) is 15.4. The maximum atomic E-state index is 11.2. The maximum Gasteiger partial charge on any atom is 0.243 e. The number of fused-ring (bicyclic) bond motifs is 1. The van der Waals surface area contributed by atoms with Crippen molar-refractivity contribution in [2.45, 2.75) is 13.3 Å². The zero-order valence-electron chi connectivity index (χ0n) is 13.1. The molecular formula is C18H18N3OS+. The Balaban J connectivity index is 1.82. The molecule has 0 aliphatic heterocycles. The van der Waals surface area contributed by atoms with E-state index in [2.05, 4.69) is 21.9 Å². The van der Waals surface area contributed by atoms with E-state index in [1.807, 2.05) is 54.7 Å². The van der Waals surface area contributed by atoms with Gasteiger partial charge in [-0.15, -0.1) is 0 Å². The number of benzene rings is 2. The third-order valence-electron chi connectivity index (χ3n) is 3.51. The molecular weight excluding hydrogens is 306 g/mol. The predicted molar refractivity (Wildman–Crippen MR) is 95.6 cm³/mol. The fourth-order valence-electron chi connectivity index (χ4n) is 2.41. The molecule has 4 nitrogen and oxygen atoms in total. The van der Waals surface area contributed by atoms with Crippen LogP contribution in [0.5, 0.6) is 0 Å². The van der Waals surface area contributed by atoms with Crippen molar-refractivity contribution >= 4 is 45.0 Å². The second-order valence-corrected chi connectivity index (χ2v) is 6.39. The van der Waals surface area contributed by atoms with Crippen LogP contribution in [-0.2, 0) is 18.3 Å². The number of aryl methyl sites for hydroxylation is 1. The predicted octanol–water partition coefficient (Wildman–Crippen LogP) is 3.63. The SMILES string of the molecule is CC(=O)Nc1ccc2c(c1)sc(CC=Nc1ccccc1)[n+]2C. The Hall–Kier alpha value is -2.53. The van der Waals surface area contributed by atoms with E-state index < -0.39 is 0 Å². The molecule has 1 heterocycles. The number of amides is 1. The van der Waals surface area contributed by atoms with Crippen molar-refractivity contribution in [1.82, 2.24) is 0 Å². The molecule has 0 radical (unpaired) electrons. The van der Waals surface area contributed by atoms with Gasteiger partial charge in [0, 0.05) is 24.9 Å². The normalized spacial score (nSPS) is 11.2. The summed E-state index contributed by atoms with van der Waals surface area (Å²) in [5.41, 5.74) is 2.95. The standard InChI is InChI=1S/C18H17N3OS/c1-13(22)20-15-8-9-16-17(12-15)23-18(21(16)2)10-11-19-14-6-4-3-5-7-14/h3-9,11-12H,10H2,1-2H3/p+1. The quantitative estimate of drug-likeness (QED) is 0.578. The van der Waals surface area contributed by atoms with Crippen LogP contribution < -0.4 is 9.88 Å². The summed E-state index contributed by atoms with van der Waals surface area (Å²) in [4.78, 5) is 15.6. The highest BCUT2D eigenvalue weighted by molar-refractivity contribution is 7.18. The molecule has 5 heteroatoms. The Morgan fingerprint density at radius 3 is 2.78 bits per heavy atom. The largest absolute Gasteiger partial charge is 0.326 e. The molecule has 0 saturated heterocycles. The number of carbonyl (C=O) groups is 1. The van der Waals surface area contributed by atoms with Crippen LogP contribution in [0.4, 0.5) is 11.4 Å². The van der Waals surface area contributed by atoms with Gasteiger partial charge in [-0.05, 0) is 24.3 Å². The minimum absolute atomic E-state index is 0.0551. The van der Waals surface area contributed by atoms with E-state index in [0.29, 0.717) is 0 Å². The Bertz CT molecular complexity index is 869. The fourth-order valence-corrected chi connectivity index (χ4v) is 3.55. The molecule has 0 bridgehead atoms. The van der Waals surface area contributed by atoms with Crippen molar-refractivity contribution in [1.29, 1.82) is 0 Å². The molecule has 1 amide bonds. The summed E-state index contributed by atoms with van der Waals surface area (Å²) >= 11 is 1.72. The number of rotatable bonds is 4. The number of hydrogen-bond donors (Lipinski definition) is 1. The lowest BCUT2D eigenvalue weighted by molar-refractivity contribution is -0.647. The summed E-state index contributed by atoms with van der Waals surface area (Å²) in [6, 6.07) is 15.9. The minimum Gasteiger partial charge on any atom is -0.326 e. The zero-order valence-corrected chi connectivity index (χ0v) is 13.9. The van der Waals surface area contributed by atoms with Gasteiger partial charge in [0.15, 0.2) is 0 Å². The molecule has 116 valence electrons. The number of nitrogens with one attached hydrogen (secondary N) is 1. The molecule has 1 N–H and O–H groups in total. The lowest BCUT2D eigenvalue weighted by atomic mass is 10.3. The first-order chi connectivity index (χ1) is 11.1. The van der Waals surface area contributed by atoms with Gasteiger partial charge in [0.1, 0.15) is 11.7 Å². The summed E-state index contributed by atoms with van der Waals surface area (Å²) in [5, 5.41) is 4.04. The van der Waals surface area contributed by atoms with Crippen molar-refractivity contribution in [2.24, 2.45) is 12.0 Å². The van der Waals surface area contributed by atoms with Crippen LogP contribution >= 0.6 is 11.3 Å². The molecule has 0 aliphatic carbocycles. The molecule has 3 rings (SSSR count). The molecule has 0 aliphatic rings. The van der Waals surface area contributed by atoms with E-state index in [1.54, 1.807) is 11.3 Å². The number of anilines is 1. The van der Waals surface area contributed by atoms with Crippen molar-refractivity contribution in [2.75, 3.05) is 5.32 Å². The van der Waals surface area contributed by atoms with Gasteiger partial charge < -0.3 is 5.32 Å². The smallest absolute Gasteiger partial charge is 0.243 e. The van der Waals surface area contributed by atoms with E-state index in [9.17, 15) is 4.79 Å². The lowest BCUT2D eigenvalue weighted by Crippen LogP contribution is -2.30. The number of carbonyl (C=O) groups excluding carboxylic acids is 1. The van der Waals surface area contributed by atoms with Gasteiger partial charge in [-0.1, -0.05) is 29.5 Å². The minimum atomic E-state index is -0.0551. The lowest BCUT2D eigenvalue weighted by Gasteiger charge is -1.99. The van der Waals surface area contributed by atoms with Crippen LogP contribution in [0, 0.1) is 0 Å². The number of nitrogens with zero attached hydrogens (tertiary/aromatic N) is 2. The summed E-state index contributed by atoms with van der Waals surface area (Å²) in [5.74, 6) is -0.0551. The fraction of sp³-hybridized carbons (Fsp3) is 0.167. The highest BCUT2D eigenvalue weighted by Crippen LogP contribution is 2.24. The van der Waals surface area contributed by atoms with Gasteiger partial charge in [0.2, 0.25) is 16.4 Å². The van der Waals surface area contributed by atoms with Crippen LogP contribution in [0.3, 0.4) is 0 Å². The van der Waals surface area contributed by atoms with Crippen molar-refractivity contribution in [3.63, 3.8) is 0 Å². The highest BCUT2D eigenvalue weighted by Gasteiger charge is 2.16. The molecule has 0 atom stereocenters. The number of thiazole rings is 1. The van der Waals surface area contributed by atoms with Crippen LogP contribution in [0.25, 0.3) is 10.2 Å². The molecule has 3 aromatic rings. The van der Waals surface area contributed by atoms with Gasteiger partial charge in [0.25, 0.3) is 0 Å². The topological polar surface area (TPSA) is 45.3 Å². The van der Waals surface area contributed by atoms with E-state index in [-0.39, 0.29) is 5.91 Å². The van der Waals surface area contributed by atoms with Crippen LogP contribution in [0.2, 0.25) is 0 Å². The highest BCUT2D eigenvalue weighted by atomic mass is 32.1. The Kier molecular flexibility index (Phi) is 4.48. The summed E-state index contributed by atoms with van der Waals surface area (Å²) < 4.78 is 3.33. The summed E-state index contributed by atoms with van der Waals surface area (Å²) in [7, 11) is 2.06. The molecule has 1 aromatic heterocycles. The maximum absolute atomic E-state index is 11.2. The summed E-state index contributed by atoms with van der Waals surface area (Å²) in [6.45, 7) is 1.52. The van der Waals surface area contributed by atoms with Gasteiger partial charge in [-0.2, -0.15) is 4.57 Å². The third-order valence-corrected chi connectivity index (χ3v) is 4.73. The Morgan fingerprint density at radius 2 is 2.04 bits per heavy atom. The molecule has 0 spiro atoms. The summed E-state index contributed by atoms with van der Waals surface area (Å²) in [6.07, 6.45) is 2.72. The molecule has 23 heavy (non-hydrogen) atoms. The molecule has 0 saturated carbocycles. The van der Waals surface area contributed by atoms with Crippen LogP contribution in [-0.4, -0.2) is 12.1 Å². The Labute approximate surface area is 139 Å². The van der Waals surface area contributed by atoms with Crippen molar-refractivity contribution in [3.05, 3.63) is 53.5 Å². The van der Waals surface area contributed by atoms with E-state index in [4.69, 9.17) is 0 Å². The monoisotopic (exact) mass is 324 g/mol. The van der Waals surface area contributed by atoms with Gasteiger partial charge in [-0.25, -0.2) is 0 Å². The molecule has 2 aromatic carbocycles. The van der Waals surface area contributed by atoms with Crippen molar-refractivity contribution in [3.8, 4) is 0 Å². The van der Waals surface area contributed by atoms with E-state index in [1.165, 1.54) is 11.9 Å². The first-order valence-electron chi connectivity index (χ1n) is 7.40. The number of para-hydroxylation sites is 1. The van der Waals surface area contributed by atoms with Gasteiger partial charge in [0.05, 0.1) is 12.1 Å². The number of aromatic nitrogens is 1. The first-order valence-corrected chi connectivity index (χ1v) is 8.22. The Morgan fingerprint density at radius 1 is 1.26 bits per heavy atom. The number of aliphatic imine (C=N–C) groups is 1. The van der Waals surface area contributed by atoms with Crippen LogP contribution in [0.1, 0.15) is 11.9 Å². The average Bonchev–Trinajstić information content (AvgIpc) is 2.84. The zero-order chi connectivity index (χ0) is 16.2. The van der Waals surface area contributed by atoms with E-state index in [0.717, 1.165) is 28.0 Å². The van der Waals surface area contributed by atoms with Gasteiger partial charge >= 0.3 is 0 Å². The third kappa shape index (κ3) is 3.63. The average molecular weight is 324 g/mol. The van der Waals surface area contributed by atoms with Crippen LogP contribution in [0.15, 0.2) is 53.5 Å².